The highest BCUT2D eigenvalue weighted by Crippen LogP contribution is 2.29. The minimum atomic E-state index is 0.180. The Morgan fingerprint density at radius 1 is 1.04 bits per heavy atom. The van der Waals surface area contributed by atoms with Gasteiger partial charge in [-0.15, -0.1) is 10.2 Å². The van der Waals surface area contributed by atoms with Crippen LogP contribution < -0.4 is 9.47 Å². The fourth-order valence-corrected chi connectivity index (χ4v) is 2.25. The minimum absolute atomic E-state index is 0.180. The summed E-state index contributed by atoms with van der Waals surface area (Å²) >= 11 is 0. The monoisotopic (exact) mass is 322 g/mol. The molecule has 0 fully saturated rings. The summed E-state index contributed by atoms with van der Waals surface area (Å²) in [6, 6.07) is 15.4. The molecule has 0 saturated heterocycles. The van der Waals surface area contributed by atoms with Crippen molar-refractivity contribution in [3.8, 4) is 23.0 Å². The van der Waals surface area contributed by atoms with Gasteiger partial charge in [-0.1, -0.05) is 36.4 Å². The zero-order chi connectivity index (χ0) is 16.8. The lowest BCUT2D eigenvalue weighted by atomic mass is 10.2. The molecule has 5 heteroatoms. The number of hydrogen-bond donors (Lipinski definition) is 0. The lowest BCUT2D eigenvalue weighted by Gasteiger charge is -2.09. The van der Waals surface area contributed by atoms with Gasteiger partial charge in [-0.3, -0.25) is 0 Å². The summed E-state index contributed by atoms with van der Waals surface area (Å²) in [5.74, 6) is 2.18. The van der Waals surface area contributed by atoms with E-state index < -0.39 is 0 Å². The molecular formula is C19H18N2O3. The summed E-state index contributed by atoms with van der Waals surface area (Å²) in [5.41, 5.74) is 1.93. The normalized spacial score (nSPS) is 10.9. The first-order valence-electron chi connectivity index (χ1n) is 7.61. The predicted molar refractivity (Wildman–Crippen MR) is 91.8 cm³/mol. The molecule has 0 aliphatic rings. The first-order chi connectivity index (χ1) is 11.8. The molecule has 5 nitrogen and oxygen atoms in total. The van der Waals surface area contributed by atoms with Crippen LogP contribution in [0.4, 0.5) is 0 Å². The molecule has 0 spiro atoms. The third-order valence-electron chi connectivity index (χ3n) is 3.39. The van der Waals surface area contributed by atoms with Gasteiger partial charge >= 0.3 is 0 Å². The van der Waals surface area contributed by atoms with Crippen molar-refractivity contribution in [1.82, 2.24) is 10.2 Å². The molecule has 0 aliphatic heterocycles. The second-order valence-electron chi connectivity index (χ2n) is 5.07. The van der Waals surface area contributed by atoms with Crippen LogP contribution in [0.15, 0.2) is 59.0 Å². The van der Waals surface area contributed by atoms with Crippen LogP contribution >= 0.6 is 0 Å². The van der Waals surface area contributed by atoms with Gasteiger partial charge < -0.3 is 13.9 Å². The van der Waals surface area contributed by atoms with Crippen molar-refractivity contribution in [2.75, 3.05) is 7.11 Å². The van der Waals surface area contributed by atoms with E-state index in [1.54, 1.807) is 7.11 Å². The van der Waals surface area contributed by atoms with E-state index in [0.717, 1.165) is 11.1 Å². The standard InChI is InChI=1S/C19H18N2O3/c1-3-7-14-10-11-16(17(12-14)22-2)23-13-18-20-21-19(24-18)15-8-5-4-6-9-15/h3-12H,13H2,1-2H3. The van der Waals surface area contributed by atoms with E-state index in [0.29, 0.717) is 23.3 Å². The van der Waals surface area contributed by atoms with Gasteiger partial charge in [0, 0.05) is 5.56 Å². The maximum absolute atomic E-state index is 5.75. The fraction of sp³-hybridized carbons (Fsp3) is 0.158. The number of hydrogen-bond acceptors (Lipinski definition) is 5. The number of nitrogens with zero attached hydrogens (tertiary/aromatic N) is 2. The molecule has 1 heterocycles. The Labute approximate surface area is 140 Å². The van der Waals surface area contributed by atoms with Gasteiger partial charge in [0.1, 0.15) is 0 Å². The van der Waals surface area contributed by atoms with Gasteiger partial charge in [-0.05, 0) is 36.8 Å². The third-order valence-corrected chi connectivity index (χ3v) is 3.39. The zero-order valence-corrected chi connectivity index (χ0v) is 13.6. The van der Waals surface area contributed by atoms with Crippen LogP contribution in [0.3, 0.4) is 0 Å². The molecule has 2 aromatic carbocycles. The lowest BCUT2D eigenvalue weighted by Crippen LogP contribution is -1.98. The molecule has 0 saturated carbocycles. The van der Waals surface area contributed by atoms with E-state index in [1.165, 1.54) is 0 Å². The molecule has 0 radical (unpaired) electrons. The van der Waals surface area contributed by atoms with Gasteiger partial charge in [0.25, 0.3) is 5.89 Å². The molecule has 0 N–H and O–H groups in total. The van der Waals surface area contributed by atoms with Crippen molar-refractivity contribution in [3.63, 3.8) is 0 Å². The van der Waals surface area contributed by atoms with E-state index in [9.17, 15) is 0 Å². The Morgan fingerprint density at radius 3 is 2.62 bits per heavy atom. The summed E-state index contributed by atoms with van der Waals surface area (Å²) in [7, 11) is 1.61. The van der Waals surface area contributed by atoms with Crippen molar-refractivity contribution in [2.24, 2.45) is 0 Å². The third kappa shape index (κ3) is 3.63. The number of aromatic nitrogens is 2. The van der Waals surface area contributed by atoms with Crippen molar-refractivity contribution in [1.29, 1.82) is 0 Å². The van der Waals surface area contributed by atoms with Crippen molar-refractivity contribution >= 4 is 6.08 Å². The number of allylic oxidation sites excluding steroid dienone is 1. The average Bonchev–Trinajstić information content (AvgIpc) is 3.10. The largest absolute Gasteiger partial charge is 0.493 e. The fourth-order valence-electron chi connectivity index (χ4n) is 2.25. The Morgan fingerprint density at radius 2 is 1.88 bits per heavy atom. The number of ether oxygens (including phenoxy) is 2. The van der Waals surface area contributed by atoms with Crippen molar-refractivity contribution in [3.05, 3.63) is 66.1 Å². The van der Waals surface area contributed by atoms with Crippen LogP contribution in [0.1, 0.15) is 18.4 Å². The molecule has 0 atom stereocenters. The lowest BCUT2D eigenvalue weighted by molar-refractivity contribution is 0.251. The number of rotatable bonds is 6. The highest BCUT2D eigenvalue weighted by atomic mass is 16.5. The summed E-state index contributed by atoms with van der Waals surface area (Å²) in [4.78, 5) is 0. The maximum Gasteiger partial charge on any atom is 0.254 e. The van der Waals surface area contributed by atoms with Gasteiger partial charge in [0.05, 0.1) is 7.11 Å². The summed E-state index contributed by atoms with van der Waals surface area (Å²) in [6.45, 7) is 2.15. The van der Waals surface area contributed by atoms with Crippen LogP contribution in [0.2, 0.25) is 0 Å². The van der Waals surface area contributed by atoms with E-state index in [1.807, 2.05) is 67.6 Å². The molecule has 1 aromatic heterocycles. The van der Waals surface area contributed by atoms with Crippen LogP contribution in [-0.2, 0) is 6.61 Å². The van der Waals surface area contributed by atoms with Crippen LogP contribution in [0.5, 0.6) is 11.5 Å². The SMILES string of the molecule is CC=Cc1ccc(OCc2nnc(-c3ccccc3)o2)c(OC)c1. The summed E-state index contributed by atoms with van der Waals surface area (Å²) < 4.78 is 16.7. The van der Waals surface area contributed by atoms with Gasteiger partial charge in [-0.2, -0.15) is 0 Å². The number of methoxy groups -OCH3 is 1. The van der Waals surface area contributed by atoms with E-state index >= 15 is 0 Å². The Kier molecular flexibility index (Phi) is 4.91. The van der Waals surface area contributed by atoms with Crippen LogP contribution in [0.25, 0.3) is 17.5 Å². The molecule has 122 valence electrons. The molecule has 3 aromatic rings. The average molecular weight is 322 g/mol. The molecule has 0 unspecified atom stereocenters. The molecule has 3 rings (SSSR count). The Hall–Kier alpha value is -3.08. The molecule has 0 bridgehead atoms. The molecule has 0 aliphatic carbocycles. The van der Waals surface area contributed by atoms with Crippen molar-refractivity contribution < 1.29 is 13.9 Å². The Bertz CT molecular complexity index is 826. The second-order valence-corrected chi connectivity index (χ2v) is 5.07. The molecular weight excluding hydrogens is 304 g/mol. The smallest absolute Gasteiger partial charge is 0.254 e. The highest BCUT2D eigenvalue weighted by molar-refractivity contribution is 5.55. The molecule has 24 heavy (non-hydrogen) atoms. The van der Waals surface area contributed by atoms with Gasteiger partial charge in [0.15, 0.2) is 18.1 Å². The topological polar surface area (TPSA) is 57.4 Å². The van der Waals surface area contributed by atoms with Crippen LogP contribution in [0, 0.1) is 0 Å². The zero-order valence-electron chi connectivity index (χ0n) is 13.6. The van der Waals surface area contributed by atoms with E-state index in [4.69, 9.17) is 13.9 Å². The van der Waals surface area contributed by atoms with E-state index in [-0.39, 0.29) is 6.61 Å². The minimum Gasteiger partial charge on any atom is -0.493 e. The highest BCUT2D eigenvalue weighted by Gasteiger charge is 2.10. The Balaban J connectivity index is 1.71. The van der Waals surface area contributed by atoms with Crippen LogP contribution in [-0.4, -0.2) is 17.3 Å². The summed E-state index contributed by atoms with van der Waals surface area (Å²) in [5, 5.41) is 8.06. The number of benzene rings is 2. The first-order valence-corrected chi connectivity index (χ1v) is 7.61. The predicted octanol–water partition coefficient (Wildman–Crippen LogP) is 4.36. The first kappa shape index (κ1) is 15.8. The van der Waals surface area contributed by atoms with Gasteiger partial charge in [-0.25, -0.2) is 0 Å². The molecule has 0 amide bonds. The van der Waals surface area contributed by atoms with E-state index in [2.05, 4.69) is 10.2 Å². The second kappa shape index (κ2) is 7.46. The maximum atomic E-state index is 5.75. The summed E-state index contributed by atoms with van der Waals surface area (Å²) in [6.07, 6.45) is 3.97. The van der Waals surface area contributed by atoms with Gasteiger partial charge in [0.2, 0.25) is 5.89 Å². The van der Waals surface area contributed by atoms with Crippen molar-refractivity contribution in [2.45, 2.75) is 13.5 Å². The quantitative estimate of drug-likeness (QED) is 0.675.